The van der Waals surface area contributed by atoms with Gasteiger partial charge in [-0.15, -0.1) is 0 Å². The van der Waals surface area contributed by atoms with E-state index < -0.39 is 0 Å². The Hall–Kier alpha value is -1.88. The number of ether oxygens (including phenoxy) is 1. The SMILES string of the molecule is CCOC(=O)c1cccnc1NCCc1ccsc1. The summed E-state index contributed by atoms with van der Waals surface area (Å²) in [7, 11) is 0. The van der Waals surface area contributed by atoms with Crippen molar-refractivity contribution in [1.29, 1.82) is 0 Å². The van der Waals surface area contributed by atoms with Crippen LogP contribution in [0.15, 0.2) is 35.2 Å². The number of nitrogens with one attached hydrogen (secondary N) is 1. The average molecular weight is 276 g/mol. The summed E-state index contributed by atoms with van der Waals surface area (Å²) in [6, 6.07) is 5.55. The van der Waals surface area contributed by atoms with Crippen LogP contribution in [0.2, 0.25) is 0 Å². The third-order valence-corrected chi connectivity index (χ3v) is 3.32. The van der Waals surface area contributed by atoms with Gasteiger partial charge in [-0.25, -0.2) is 9.78 Å². The third kappa shape index (κ3) is 3.79. The van der Waals surface area contributed by atoms with Crippen molar-refractivity contribution < 1.29 is 9.53 Å². The average Bonchev–Trinajstić information content (AvgIpc) is 2.93. The number of carbonyl (C=O) groups excluding carboxylic acids is 1. The van der Waals surface area contributed by atoms with E-state index in [0.29, 0.717) is 18.0 Å². The Morgan fingerprint density at radius 3 is 3.11 bits per heavy atom. The van der Waals surface area contributed by atoms with E-state index in [1.807, 2.05) is 0 Å². The number of aromatic nitrogens is 1. The predicted molar refractivity (Wildman–Crippen MR) is 76.7 cm³/mol. The number of carbonyl (C=O) groups is 1. The zero-order valence-corrected chi connectivity index (χ0v) is 11.6. The number of anilines is 1. The minimum absolute atomic E-state index is 0.339. The molecule has 0 aliphatic carbocycles. The van der Waals surface area contributed by atoms with Crippen molar-refractivity contribution in [3.05, 3.63) is 46.3 Å². The highest BCUT2D eigenvalue weighted by atomic mass is 32.1. The van der Waals surface area contributed by atoms with Crippen LogP contribution in [-0.2, 0) is 11.2 Å². The Morgan fingerprint density at radius 2 is 2.37 bits per heavy atom. The summed E-state index contributed by atoms with van der Waals surface area (Å²) in [6.07, 6.45) is 2.57. The summed E-state index contributed by atoms with van der Waals surface area (Å²) < 4.78 is 5.00. The Morgan fingerprint density at radius 1 is 1.47 bits per heavy atom. The molecule has 0 radical (unpaired) electrons. The second-order valence-electron chi connectivity index (χ2n) is 3.93. The highest BCUT2D eigenvalue weighted by molar-refractivity contribution is 7.07. The van der Waals surface area contributed by atoms with Gasteiger partial charge in [0.2, 0.25) is 0 Å². The van der Waals surface area contributed by atoms with Crippen LogP contribution in [0.3, 0.4) is 0 Å². The van der Waals surface area contributed by atoms with Crippen LogP contribution in [0.1, 0.15) is 22.8 Å². The van der Waals surface area contributed by atoms with E-state index in [0.717, 1.165) is 13.0 Å². The first kappa shape index (κ1) is 13.5. The van der Waals surface area contributed by atoms with Gasteiger partial charge in [0.25, 0.3) is 0 Å². The Labute approximate surface area is 116 Å². The molecule has 100 valence electrons. The molecule has 2 heterocycles. The van der Waals surface area contributed by atoms with Crippen molar-refractivity contribution in [2.75, 3.05) is 18.5 Å². The third-order valence-electron chi connectivity index (χ3n) is 2.59. The lowest BCUT2D eigenvalue weighted by atomic mass is 10.2. The van der Waals surface area contributed by atoms with E-state index in [4.69, 9.17) is 4.74 Å². The molecule has 0 bridgehead atoms. The molecule has 19 heavy (non-hydrogen) atoms. The molecule has 0 saturated heterocycles. The highest BCUT2D eigenvalue weighted by Gasteiger charge is 2.12. The maximum absolute atomic E-state index is 11.8. The summed E-state index contributed by atoms with van der Waals surface area (Å²) in [5.74, 6) is 0.241. The minimum atomic E-state index is -0.339. The molecule has 2 rings (SSSR count). The van der Waals surface area contributed by atoms with Crippen molar-refractivity contribution in [2.24, 2.45) is 0 Å². The Kier molecular flexibility index (Phi) is 4.92. The van der Waals surface area contributed by atoms with E-state index in [2.05, 4.69) is 27.1 Å². The van der Waals surface area contributed by atoms with Gasteiger partial charge in [0.1, 0.15) is 11.4 Å². The van der Waals surface area contributed by atoms with Gasteiger partial charge in [0.15, 0.2) is 0 Å². The van der Waals surface area contributed by atoms with E-state index in [-0.39, 0.29) is 5.97 Å². The first-order valence-corrected chi connectivity index (χ1v) is 7.12. The smallest absolute Gasteiger partial charge is 0.341 e. The molecule has 4 nitrogen and oxygen atoms in total. The number of pyridine rings is 1. The number of hydrogen-bond donors (Lipinski definition) is 1. The van der Waals surface area contributed by atoms with Crippen LogP contribution < -0.4 is 5.32 Å². The lowest BCUT2D eigenvalue weighted by Gasteiger charge is -2.09. The van der Waals surface area contributed by atoms with Gasteiger partial charge in [-0.1, -0.05) is 0 Å². The molecule has 0 spiro atoms. The zero-order valence-electron chi connectivity index (χ0n) is 10.8. The number of esters is 1. The molecule has 1 N–H and O–H groups in total. The van der Waals surface area contributed by atoms with Crippen molar-refractivity contribution in [3.63, 3.8) is 0 Å². The summed E-state index contributed by atoms with van der Waals surface area (Å²) in [5, 5.41) is 7.36. The largest absolute Gasteiger partial charge is 0.462 e. The molecule has 0 aromatic carbocycles. The van der Waals surface area contributed by atoms with Crippen molar-refractivity contribution >= 4 is 23.1 Å². The first-order valence-electron chi connectivity index (χ1n) is 6.18. The quantitative estimate of drug-likeness (QED) is 0.824. The van der Waals surface area contributed by atoms with Crippen LogP contribution >= 0.6 is 11.3 Å². The molecular formula is C14H16N2O2S. The molecule has 0 aliphatic heterocycles. The number of nitrogens with zero attached hydrogens (tertiary/aromatic N) is 1. The molecule has 0 atom stereocenters. The molecule has 0 amide bonds. The van der Waals surface area contributed by atoms with Crippen LogP contribution in [-0.4, -0.2) is 24.1 Å². The van der Waals surface area contributed by atoms with Gasteiger partial charge in [0, 0.05) is 12.7 Å². The number of thiophene rings is 1. The maximum atomic E-state index is 11.8. The van der Waals surface area contributed by atoms with Crippen LogP contribution in [0.25, 0.3) is 0 Å². The molecule has 0 fully saturated rings. The van der Waals surface area contributed by atoms with Gasteiger partial charge in [-0.3, -0.25) is 0 Å². The number of rotatable bonds is 6. The van der Waals surface area contributed by atoms with Crippen molar-refractivity contribution in [1.82, 2.24) is 4.98 Å². The van der Waals surface area contributed by atoms with Gasteiger partial charge < -0.3 is 10.1 Å². The standard InChI is InChI=1S/C14H16N2O2S/c1-2-18-14(17)12-4-3-7-15-13(12)16-8-5-11-6-9-19-10-11/h3-4,6-7,9-10H,2,5,8H2,1H3,(H,15,16). The first-order chi connectivity index (χ1) is 9.31. The van der Waals surface area contributed by atoms with E-state index >= 15 is 0 Å². The highest BCUT2D eigenvalue weighted by Crippen LogP contribution is 2.13. The fraction of sp³-hybridized carbons (Fsp3) is 0.286. The normalized spacial score (nSPS) is 10.2. The second-order valence-corrected chi connectivity index (χ2v) is 4.71. The monoisotopic (exact) mass is 276 g/mol. The minimum Gasteiger partial charge on any atom is -0.462 e. The molecule has 2 aromatic rings. The predicted octanol–water partition coefficient (Wildman–Crippen LogP) is 2.97. The van der Waals surface area contributed by atoms with Crippen LogP contribution in [0.5, 0.6) is 0 Å². The summed E-state index contributed by atoms with van der Waals surface area (Å²) in [6.45, 7) is 2.89. The van der Waals surface area contributed by atoms with Crippen molar-refractivity contribution in [3.8, 4) is 0 Å². The molecule has 0 aliphatic rings. The molecule has 0 unspecified atom stereocenters. The van der Waals surface area contributed by atoms with E-state index in [9.17, 15) is 4.79 Å². The molecular weight excluding hydrogens is 260 g/mol. The van der Waals surface area contributed by atoms with E-state index in [1.54, 1.807) is 36.6 Å². The Bertz CT molecular complexity index is 526. The fourth-order valence-corrected chi connectivity index (χ4v) is 2.38. The van der Waals surface area contributed by atoms with Crippen molar-refractivity contribution in [2.45, 2.75) is 13.3 Å². The maximum Gasteiger partial charge on any atom is 0.341 e. The van der Waals surface area contributed by atoms with Crippen LogP contribution in [0, 0.1) is 0 Å². The van der Waals surface area contributed by atoms with Gasteiger partial charge in [-0.05, 0) is 47.9 Å². The molecule has 5 heteroatoms. The molecule has 2 aromatic heterocycles. The summed E-state index contributed by atoms with van der Waals surface area (Å²) in [5.41, 5.74) is 1.76. The fourth-order valence-electron chi connectivity index (χ4n) is 1.68. The van der Waals surface area contributed by atoms with E-state index in [1.165, 1.54) is 5.56 Å². The lowest BCUT2D eigenvalue weighted by Crippen LogP contribution is -2.13. The summed E-state index contributed by atoms with van der Waals surface area (Å²) in [4.78, 5) is 15.9. The molecule has 0 saturated carbocycles. The topological polar surface area (TPSA) is 51.2 Å². The van der Waals surface area contributed by atoms with Gasteiger partial charge in [-0.2, -0.15) is 11.3 Å². The van der Waals surface area contributed by atoms with Crippen LogP contribution in [0.4, 0.5) is 5.82 Å². The van der Waals surface area contributed by atoms with Gasteiger partial charge in [0.05, 0.1) is 6.61 Å². The Balaban J connectivity index is 1.97. The zero-order chi connectivity index (χ0) is 13.5. The van der Waals surface area contributed by atoms with Gasteiger partial charge >= 0.3 is 5.97 Å². The lowest BCUT2D eigenvalue weighted by molar-refractivity contribution is 0.0527. The number of hydrogen-bond acceptors (Lipinski definition) is 5. The summed E-state index contributed by atoms with van der Waals surface area (Å²) >= 11 is 1.68. The second kappa shape index (κ2) is 6.89.